The normalized spacial score (nSPS) is 11.6. The minimum absolute atomic E-state index is 0.0551. The monoisotopic (exact) mass is 251 g/mol. The molecule has 2 N–H and O–H groups in total. The Labute approximate surface area is 113 Å². The molecule has 96 valence electrons. The summed E-state index contributed by atoms with van der Waals surface area (Å²) in [4.78, 5) is 0. The van der Waals surface area contributed by atoms with Crippen molar-refractivity contribution < 1.29 is 5.11 Å². The molecule has 0 radical (unpaired) electrons. The molecule has 0 fully saturated rings. The highest BCUT2D eigenvalue weighted by Crippen LogP contribution is 2.27. The average molecular weight is 251 g/mol. The van der Waals surface area contributed by atoms with E-state index in [4.69, 9.17) is 0 Å². The fraction of sp³-hybridized carbons (Fsp3) is 0.0588. The number of hydrogen-bond donors (Lipinski definition) is 2. The van der Waals surface area contributed by atoms with Crippen LogP contribution in [0.3, 0.4) is 0 Å². The van der Waals surface area contributed by atoms with E-state index < -0.39 is 0 Å². The van der Waals surface area contributed by atoms with Crippen molar-refractivity contribution in [3.8, 4) is 5.75 Å². The largest absolute Gasteiger partial charge is 0.508 e. The van der Waals surface area contributed by atoms with Gasteiger partial charge >= 0.3 is 0 Å². The molecule has 2 aromatic carbocycles. The van der Waals surface area contributed by atoms with E-state index in [0.717, 1.165) is 16.8 Å². The first kappa shape index (κ1) is 13.0. The molecule has 0 heterocycles. The number of hydrogen-bond acceptors (Lipinski definition) is 2. The number of nitrogens with one attached hydrogen (secondary N) is 1. The summed E-state index contributed by atoms with van der Waals surface area (Å²) in [5.41, 5.74) is 2.93. The van der Waals surface area contributed by atoms with Gasteiger partial charge in [-0.25, -0.2) is 0 Å². The topological polar surface area (TPSA) is 32.3 Å². The Bertz CT molecular complexity index is 558. The quantitative estimate of drug-likeness (QED) is 0.777. The summed E-state index contributed by atoms with van der Waals surface area (Å²) in [7, 11) is 0. The van der Waals surface area contributed by atoms with Gasteiger partial charge in [-0.15, -0.1) is 0 Å². The zero-order valence-electron chi connectivity index (χ0n) is 10.7. The molecule has 2 heteroatoms. The Kier molecular flexibility index (Phi) is 4.04. The highest BCUT2D eigenvalue weighted by molar-refractivity contribution is 5.49. The minimum Gasteiger partial charge on any atom is -0.508 e. The minimum atomic E-state index is -0.0551. The molecule has 0 amide bonds. The Hall–Kier alpha value is -2.48. The van der Waals surface area contributed by atoms with Gasteiger partial charge in [0, 0.05) is 5.69 Å². The zero-order valence-corrected chi connectivity index (χ0v) is 10.7. The molecule has 0 aliphatic carbocycles. The molecule has 19 heavy (non-hydrogen) atoms. The van der Waals surface area contributed by atoms with E-state index in [0.29, 0.717) is 0 Å². The van der Waals surface area contributed by atoms with Crippen LogP contribution in [0.5, 0.6) is 5.75 Å². The fourth-order valence-corrected chi connectivity index (χ4v) is 1.88. The van der Waals surface area contributed by atoms with E-state index in [1.807, 2.05) is 42.5 Å². The SMILES string of the molecule is C=CC(=C)C(Nc1ccccc1)c1ccc(O)cc1. The summed E-state index contributed by atoms with van der Waals surface area (Å²) in [5.74, 6) is 0.256. The lowest BCUT2D eigenvalue weighted by Crippen LogP contribution is -2.11. The van der Waals surface area contributed by atoms with Crippen LogP contribution in [0.2, 0.25) is 0 Å². The molecule has 2 aromatic rings. The maximum Gasteiger partial charge on any atom is 0.115 e. The van der Waals surface area contributed by atoms with E-state index in [2.05, 4.69) is 18.5 Å². The van der Waals surface area contributed by atoms with Crippen LogP contribution in [0, 0.1) is 0 Å². The van der Waals surface area contributed by atoms with Crippen molar-refractivity contribution in [1.29, 1.82) is 0 Å². The highest BCUT2D eigenvalue weighted by Gasteiger charge is 2.12. The van der Waals surface area contributed by atoms with Crippen LogP contribution >= 0.6 is 0 Å². The van der Waals surface area contributed by atoms with Crippen molar-refractivity contribution in [3.63, 3.8) is 0 Å². The third kappa shape index (κ3) is 3.26. The molecule has 0 aliphatic heterocycles. The number of rotatable bonds is 5. The Morgan fingerprint density at radius 1 is 1.05 bits per heavy atom. The molecule has 2 nitrogen and oxygen atoms in total. The van der Waals surface area contributed by atoms with Gasteiger partial charge in [0.05, 0.1) is 6.04 Å². The summed E-state index contributed by atoms with van der Waals surface area (Å²) in [5, 5.41) is 12.8. The molecular formula is C17H17NO. The lowest BCUT2D eigenvalue weighted by atomic mass is 9.99. The van der Waals surface area contributed by atoms with Gasteiger partial charge in [-0.2, -0.15) is 0 Å². The molecule has 0 saturated carbocycles. The first-order chi connectivity index (χ1) is 9.20. The van der Waals surface area contributed by atoms with Crippen molar-refractivity contribution in [3.05, 3.63) is 85.0 Å². The van der Waals surface area contributed by atoms with Crippen molar-refractivity contribution in [1.82, 2.24) is 0 Å². The molecular weight excluding hydrogens is 234 g/mol. The van der Waals surface area contributed by atoms with Gasteiger partial charge in [-0.1, -0.05) is 49.6 Å². The maximum atomic E-state index is 9.36. The number of anilines is 1. The molecule has 0 saturated heterocycles. The van der Waals surface area contributed by atoms with Gasteiger partial charge in [0.2, 0.25) is 0 Å². The van der Waals surface area contributed by atoms with Crippen LogP contribution in [0.4, 0.5) is 5.69 Å². The van der Waals surface area contributed by atoms with Crippen LogP contribution in [0.25, 0.3) is 0 Å². The molecule has 1 unspecified atom stereocenters. The van der Waals surface area contributed by atoms with Crippen LogP contribution < -0.4 is 5.32 Å². The molecule has 1 atom stereocenters. The summed E-state index contributed by atoms with van der Waals surface area (Å²) >= 11 is 0. The summed E-state index contributed by atoms with van der Waals surface area (Å²) in [6.45, 7) is 7.80. The predicted octanol–water partition coefficient (Wildman–Crippen LogP) is 4.29. The Morgan fingerprint density at radius 2 is 1.68 bits per heavy atom. The second-order valence-corrected chi connectivity index (χ2v) is 4.31. The molecule has 2 rings (SSSR count). The van der Waals surface area contributed by atoms with Gasteiger partial charge in [0.25, 0.3) is 0 Å². The smallest absolute Gasteiger partial charge is 0.115 e. The zero-order chi connectivity index (χ0) is 13.7. The van der Waals surface area contributed by atoms with Crippen LogP contribution in [-0.4, -0.2) is 5.11 Å². The number of phenols is 1. The van der Waals surface area contributed by atoms with Crippen LogP contribution in [0.1, 0.15) is 11.6 Å². The van der Waals surface area contributed by atoms with Gasteiger partial charge in [0.1, 0.15) is 5.75 Å². The third-order valence-electron chi connectivity index (χ3n) is 2.94. The van der Waals surface area contributed by atoms with Gasteiger partial charge in [-0.3, -0.25) is 0 Å². The Balaban J connectivity index is 2.28. The van der Waals surface area contributed by atoms with Gasteiger partial charge < -0.3 is 10.4 Å². The van der Waals surface area contributed by atoms with E-state index in [9.17, 15) is 5.11 Å². The number of benzene rings is 2. The molecule has 0 spiro atoms. The molecule has 0 aliphatic rings. The van der Waals surface area contributed by atoms with Crippen molar-refractivity contribution in [2.45, 2.75) is 6.04 Å². The van der Waals surface area contributed by atoms with E-state index >= 15 is 0 Å². The second-order valence-electron chi connectivity index (χ2n) is 4.31. The fourth-order valence-electron chi connectivity index (χ4n) is 1.88. The Morgan fingerprint density at radius 3 is 2.26 bits per heavy atom. The maximum absolute atomic E-state index is 9.36. The number of phenolic OH excluding ortho intramolecular Hbond substituents is 1. The van der Waals surface area contributed by atoms with Gasteiger partial charge in [-0.05, 0) is 35.4 Å². The summed E-state index contributed by atoms with van der Waals surface area (Å²) in [6.07, 6.45) is 1.74. The van der Waals surface area contributed by atoms with Crippen molar-refractivity contribution >= 4 is 5.69 Å². The van der Waals surface area contributed by atoms with Gasteiger partial charge in [0.15, 0.2) is 0 Å². The van der Waals surface area contributed by atoms with Crippen LogP contribution in [0.15, 0.2) is 79.4 Å². The summed E-state index contributed by atoms with van der Waals surface area (Å²) in [6, 6.07) is 17.0. The second kappa shape index (κ2) is 5.91. The average Bonchev–Trinajstić information content (AvgIpc) is 2.46. The first-order valence-electron chi connectivity index (χ1n) is 6.12. The lowest BCUT2D eigenvalue weighted by molar-refractivity contribution is 0.475. The molecule has 0 bridgehead atoms. The van der Waals surface area contributed by atoms with E-state index in [1.165, 1.54) is 0 Å². The first-order valence-corrected chi connectivity index (χ1v) is 6.12. The lowest BCUT2D eigenvalue weighted by Gasteiger charge is -2.21. The van der Waals surface area contributed by atoms with E-state index in [-0.39, 0.29) is 11.8 Å². The predicted molar refractivity (Wildman–Crippen MR) is 80.2 cm³/mol. The highest BCUT2D eigenvalue weighted by atomic mass is 16.3. The third-order valence-corrected chi connectivity index (χ3v) is 2.94. The van der Waals surface area contributed by atoms with Crippen molar-refractivity contribution in [2.24, 2.45) is 0 Å². The van der Waals surface area contributed by atoms with Crippen molar-refractivity contribution in [2.75, 3.05) is 5.32 Å². The van der Waals surface area contributed by atoms with E-state index in [1.54, 1.807) is 18.2 Å². The number of aromatic hydroxyl groups is 1. The molecule has 0 aromatic heterocycles. The number of para-hydroxylation sites is 1. The standard InChI is InChI=1S/C17H17NO/c1-3-13(2)17(14-9-11-16(19)12-10-14)18-15-7-5-4-6-8-15/h3-12,17-19H,1-2H2. The van der Waals surface area contributed by atoms with Crippen LogP contribution in [-0.2, 0) is 0 Å². The summed E-state index contributed by atoms with van der Waals surface area (Å²) < 4.78 is 0.